The van der Waals surface area contributed by atoms with Crippen LogP contribution in [0.5, 0.6) is 11.5 Å². The molecule has 58 heavy (non-hydrogen) atoms. The van der Waals surface area contributed by atoms with Crippen molar-refractivity contribution in [3.63, 3.8) is 0 Å². The summed E-state index contributed by atoms with van der Waals surface area (Å²) < 4.78 is 42.3. The Bertz CT molecular complexity index is 1990. The molecular weight excluding hydrogens is 748 g/mol. The van der Waals surface area contributed by atoms with Gasteiger partial charge in [0.1, 0.15) is 59.2 Å². The fourth-order valence-electron chi connectivity index (χ4n) is 6.68. The first-order chi connectivity index (χ1) is 28.0. The van der Waals surface area contributed by atoms with Crippen LogP contribution in [0, 0.1) is 0 Å². The summed E-state index contributed by atoms with van der Waals surface area (Å²) in [5.41, 5.74) is 1.60. The van der Waals surface area contributed by atoms with Gasteiger partial charge in [0.15, 0.2) is 17.7 Å². The number of aromatic nitrogens is 4. The molecule has 2 aromatic heterocycles. The van der Waals surface area contributed by atoms with Gasteiger partial charge in [-0.3, -0.25) is 4.57 Å². The molecule has 4 atom stereocenters. The van der Waals surface area contributed by atoms with E-state index in [0.29, 0.717) is 68.0 Å². The van der Waals surface area contributed by atoms with Crippen LogP contribution in [0.4, 0.5) is 10.6 Å². The lowest BCUT2D eigenvalue weighted by molar-refractivity contribution is -0.0941. The fraction of sp³-hybridized carbons (Fsp3) is 0.429. The third-order valence-corrected chi connectivity index (χ3v) is 9.44. The van der Waals surface area contributed by atoms with Crippen LogP contribution in [0.3, 0.4) is 0 Å². The molecule has 310 valence electrons. The zero-order valence-electron chi connectivity index (χ0n) is 33.4. The number of fused-ring (bicyclic) bond motifs is 1. The van der Waals surface area contributed by atoms with Gasteiger partial charge in [0.2, 0.25) is 0 Å². The number of methoxy groups -OCH3 is 2. The van der Waals surface area contributed by atoms with E-state index >= 15 is 0 Å². The molecule has 16 heteroatoms. The number of rotatable bonds is 19. The second-order valence-corrected chi connectivity index (χ2v) is 14.5. The number of anilines is 1. The van der Waals surface area contributed by atoms with Gasteiger partial charge in [-0.25, -0.2) is 19.7 Å². The average Bonchev–Trinajstić information content (AvgIpc) is 3.79. The van der Waals surface area contributed by atoms with Crippen LogP contribution in [-0.2, 0) is 29.3 Å². The maximum Gasteiger partial charge on any atom is 0.407 e. The number of nitrogens with zero attached hydrogens (tertiary/aromatic N) is 4. The molecule has 1 amide bonds. The summed E-state index contributed by atoms with van der Waals surface area (Å²) in [5.74, 6) is 1.82. The number of hydrogen-bond donors (Lipinski definition) is 4. The summed E-state index contributed by atoms with van der Waals surface area (Å²) in [7, 11) is 3.22. The van der Waals surface area contributed by atoms with Crippen molar-refractivity contribution < 1.29 is 48.2 Å². The molecule has 4 N–H and O–H groups in total. The number of alkyl carbamates (subject to hydrolysis) is 1. The van der Waals surface area contributed by atoms with Crippen LogP contribution >= 0.6 is 0 Å². The molecule has 1 fully saturated rings. The number of imidazole rings is 1. The number of carbonyl (C=O) groups is 1. The molecular formula is C42H52N6O10. The quantitative estimate of drug-likeness (QED) is 0.0678. The molecule has 3 heterocycles. The van der Waals surface area contributed by atoms with Gasteiger partial charge < -0.3 is 54.0 Å². The van der Waals surface area contributed by atoms with Crippen LogP contribution in [0.15, 0.2) is 91.5 Å². The maximum atomic E-state index is 11.7. The molecule has 6 rings (SSSR count). The predicted octanol–water partition coefficient (Wildman–Crippen LogP) is 4.44. The highest BCUT2D eigenvalue weighted by molar-refractivity contribution is 5.83. The number of benzene rings is 3. The molecule has 1 saturated heterocycles. The molecule has 0 bridgehead atoms. The van der Waals surface area contributed by atoms with Gasteiger partial charge in [-0.1, -0.05) is 54.6 Å². The standard InChI is InChI=1S/C42H52N6O10/c1-41(2,3)58-40(51)44-20-22-55-24-23-54-21-19-43-37-34-38(46-26-45-37)47-27-48(34)39-36(50)35(49)33(57-39)25-56-42(28-9-7-6-8-10-28,29-11-15-31(52-4)16-12-29)30-13-17-32(53-5)18-14-30/h6-18,26-27,33,35-36,39,49-50H,19-25H2,1-5H3,(H,44,51)(H,43,45,46)/t33-,35-,36-,39-/m1/s1. The second kappa shape index (κ2) is 19.4. The molecule has 0 radical (unpaired) electrons. The molecule has 0 unspecified atom stereocenters. The van der Waals surface area contributed by atoms with Crippen molar-refractivity contribution >= 4 is 23.1 Å². The van der Waals surface area contributed by atoms with E-state index in [1.807, 2.05) is 78.9 Å². The Balaban J connectivity index is 1.12. The van der Waals surface area contributed by atoms with Crippen LogP contribution in [0.2, 0.25) is 0 Å². The van der Waals surface area contributed by atoms with Crippen LogP contribution in [0.1, 0.15) is 43.7 Å². The monoisotopic (exact) mass is 800 g/mol. The molecule has 1 aliphatic rings. The third-order valence-electron chi connectivity index (χ3n) is 9.44. The second-order valence-electron chi connectivity index (χ2n) is 14.5. The molecule has 1 aliphatic heterocycles. The summed E-state index contributed by atoms with van der Waals surface area (Å²) in [6.45, 7) is 7.36. The lowest BCUT2D eigenvalue weighted by Crippen LogP contribution is -2.39. The van der Waals surface area contributed by atoms with Gasteiger partial charge in [-0.05, 0) is 61.7 Å². The zero-order valence-corrected chi connectivity index (χ0v) is 33.4. The Morgan fingerprint density at radius 1 is 0.776 bits per heavy atom. The molecule has 5 aromatic rings. The van der Waals surface area contributed by atoms with Gasteiger partial charge in [0.25, 0.3) is 0 Å². The summed E-state index contributed by atoms with van der Waals surface area (Å²) in [4.78, 5) is 24.9. The Labute approximate surface area is 337 Å². The smallest absolute Gasteiger partial charge is 0.407 e. The molecule has 0 saturated carbocycles. The third kappa shape index (κ3) is 10.0. The first-order valence-corrected chi connectivity index (χ1v) is 19.1. The van der Waals surface area contributed by atoms with E-state index in [2.05, 4.69) is 25.6 Å². The number of carbonyl (C=O) groups excluding carboxylic acids is 1. The lowest BCUT2D eigenvalue weighted by atomic mass is 9.80. The van der Waals surface area contributed by atoms with Crippen molar-refractivity contribution in [3.8, 4) is 11.5 Å². The molecule has 16 nitrogen and oxygen atoms in total. The van der Waals surface area contributed by atoms with Crippen LogP contribution in [-0.4, -0.2) is 120 Å². The summed E-state index contributed by atoms with van der Waals surface area (Å²) >= 11 is 0. The highest BCUT2D eigenvalue weighted by atomic mass is 16.6. The van der Waals surface area contributed by atoms with Crippen molar-refractivity contribution in [1.29, 1.82) is 0 Å². The minimum atomic E-state index is -1.34. The zero-order chi connectivity index (χ0) is 41.1. The van der Waals surface area contributed by atoms with Gasteiger partial charge in [0, 0.05) is 13.1 Å². The Hall–Kier alpha value is -5.36. The van der Waals surface area contributed by atoms with Crippen LogP contribution in [0.25, 0.3) is 11.2 Å². The topological polar surface area (TPSA) is 190 Å². The highest BCUT2D eigenvalue weighted by Gasteiger charge is 2.47. The van der Waals surface area contributed by atoms with Crippen molar-refractivity contribution in [3.05, 3.63) is 108 Å². The maximum absolute atomic E-state index is 11.7. The Morgan fingerprint density at radius 3 is 1.98 bits per heavy atom. The molecule has 3 aromatic carbocycles. The van der Waals surface area contributed by atoms with E-state index in [9.17, 15) is 15.0 Å². The van der Waals surface area contributed by atoms with Gasteiger partial charge in [-0.15, -0.1) is 0 Å². The number of amides is 1. The summed E-state index contributed by atoms with van der Waals surface area (Å²) in [6, 6.07) is 25.0. The van der Waals surface area contributed by atoms with E-state index < -0.39 is 41.8 Å². The SMILES string of the molecule is COc1ccc(C(OC[C@H]2O[C@@H](n3cnc4ncnc(NCCOCCOCCNC(=O)OC(C)(C)C)c43)[C@H](O)[C@@H]2O)(c2ccccc2)c2ccc(OC)cc2)cc1. The minimum absolute atomic E-state index is 0.1000. The normalized spacial score (nSPS) is 18.3. The fourth-order valence-corrected chi connectivity index (χ4v) is 6.68. The van der Waals surface area contributed by atoms with Crippen molar-refractivity contribution in [1.82, 2.24) is 24.8 Å². The summed E-state index contributed by atoms with van der Waals surface area (Å²) in [5, 5.41) is 28.8. The Kier molecular flexibility index (Phi) is 14.1. The number of ether oxygens (including phenoxy) is 7. The van der Waals surface area contributed by atoms with Crippen molar-refractivity contribution in [2.24, 2.45) is 0 Å². The first kappa shape index (κ1) is 42.3. The van der Waals surface area contributed by atoms with Crippen molar-refractivity contribution in [2.45, 2.75) is 56.5 Å². The average molecular weight is 801 g/mol. The number of aliphatic hydroxyl groups excluding tert-OH is 2. The Morgan fingerprint density at radius 2 is 1.38 bits per heavy atom. The first-order valence-electron chi connectivity index (χ1n) is 19.1. The molecule has 0 spiro atoms. The van der Waals surface area contributed by atoms with E-state index in [1.165, 1.54) is 12.7 Å². The number of nitrogens with one attached hydrogen (secondary N) is 2. The van der Waals surface area contributed by atoms with Gasteiger partial charge in [-0.2, -0.15) is 0 Å². The predicted molar refractivity (Wildman–Crippen MR) is 214 cm³/mol. The van der Waals surface area contributed by atoms with E-state index in [1.54, 1.807) is 39.6 Å². The van der Waals surface area contributed by atoms with E-state index in [-0.39, 0.29) is 6.61 Å². The van der Waals surface area contributed by atoms with Crippen molar-refractivity contribution in [2.75, 3.05) is 65.7 Å². The molecule has 0 aliphatic carbocycles. The highest BCUT2D eigenvalue weighted by Crippen LogP contribution is 2.43. The van der Waals surface area contributed by atoms with E-state index in [4.69, 9.17) is 33.2 Å². The minimum Gasteiger partial charge on any atom is -0.497 e. The lowest BCUT2D eigenvalue weighted by Gasteiger charge is -2.37. The van der Waals surface area contributed by atoms with Gasteiger partial charge >= 0.3 is 6.09 Å². The number of hydrogen-bond acceptors (Lipinski definition) is 14. The summed E-state index contributed by atoms with van der Waals surface area (Å²) in [6.07, 6.45) is -2.23. The van der Waals surface area contributed by atoms with Gasteiger partial charge in [0.05, 0.1) is 47.3 Å². The number of aliphatic hydroxyl groups is 2. The van der Waals surface area contributed by atoms with E-state index in [0.717, 1.165) is 16.7 Å². The largest absolute Gasteiger partial charge is 0.497 e. The van der Waals surface area contributed by atoms with Crippen LogP contribution < -0.4 is 20.1 Å².